The van der Waals surface area contributed by atoms with Crippen LogP contribution < -0.4 is 10.9 Å². The van der Waals surface area contributed by atoms with Crippen molar-refractivity contribution in [3.8, 4) is 0 Å². The fraction of sp³-hybridized carbons (Fsp3) is 0.733. The maximum Gasteiger partial charge on any atom is 0.252 e. The second-order valence-electron chi connectivity index (χ2n) is 6.39. The Labute approximate surface area is 135 Å². The molecule has 2 aliphatic rings. The van der Waals surface area contributed by atoms with Gasteiger partial charge in [0.1, 0.15) is 0 Å². The number of carbonyl (C=O) groups excluding carboxylic acids is 2. The molecule has 1 aromatic rings. The predicted molar refractivity (Wildman–Crippen MR) is 81.1 cm³/mol. The number of nitrogens with one attached hydrogen (secondary N) is 2. The standard InChI is InChI=1S/C15H23N5O3/c1-10-16-14(19-23-10)11-5-7-20(8-6-11)9-13(21)17-18-15(22)12-3-2-4-12/h11-12H,2-9H2,1H3,(H,17,21)(H,18,22). The molecule has 0 radical (unpaired) electrons. The van der Waals surface area contributed by atoms with Gasteiger partial charge in [0, 0.05) is 18.8 Å². The third-order valence-electron chi connectivity index (χ3n) is 4.66. The van der Waals surface area contributed by atoms with Crippen molar-refractivity contribution in [1.82, 2.24) is 25.9 Å². The minimum atomic E-state index is -0.175. The lowest BCUT2D eigenvalue weighted by Crippen LogP contribution is -2.50. The Bertz CT molecular complexity index is 561. The number of nitrogens with zero attached hydrogens (tertiary/aromatic N) is 3. The molecule has 2 fully saturated rings. The van der Waals surface area contributed by atoms with Crippen LogP contribution in [0.2, 0.25) is 0 Å². The molecule has 0 spiro atoms. The van der Waals surface area contributed by atoms with E-state index in [0.29, 0.717) is 18.4 Å². The molecule has 3 rings (SSSR count). The van der Waals surface area contributed by atoms with Crippen molar-refractivity contribution in [1.29, 1.82) is 0 Å². The fourth-order valence-corrected chi connectivity index (χ4v) is 2.98. The summed E-state index contributed by atoms with van der Waals surface area (Å²) in [7, 11) is 0. The molecule has 1 saturated carbocycles. The number of likely N-dealkylation sites (tertiary alicyclic amines) is 1. The SMILES string of the molecule is Cc1nc(C2CCN(CC(=O)NNC(=O)C3CCC3)CC2)no1. The third-order valence-corrected chi connectivity index (χ3v) is 4.66. The number of rotatable bonds is 4. The molecule has 23 heavy (non-hydrogen) atoms. The average Bonchev–Trinajstić information content (AvgIpc) is 2.91. The summed E-state index contributed by atoms with van der Waals surface area (Å²) in [5.41, 5.74) is 5.02. The Morgan fingerprint density at radius 3 is 2.52 bits per heavy atom. The molecule has 0 aromatic carbocycles. The second-order valence-corrected chi connectivity index (χ2v) is 6.39. The summed E-state index contributed by atoms with van der Waals surface area (Å²) < 4.78 is 5.02. The van der Waals surface area contributed by atoms with Gasteiger partial charge in [-0.1, -0.05) is 11.6 Å². The summed E-state index contributed by atoms with van der Waals surface area (Å²) >= 11 is 0. The Balaban J connectivity index is 1.36. The van der Waals surface area contributed by atoms with Crippen LogP contribution in [-0.2, 0) is 9.59 Å². The van der Waals surface area contributed by atoms with E-state index < -0.39 is 0 Å². The molecule has 1 aliphatic heterocycles. The first kappa shape index (κ1) is 15.9. The summed E-state index contributed by atoms with van der Waals surface area (Å²) in [5, 5.41) is 3.97. The van der Waals surface area contributed by atoms with E-state index in [4.69, 9.17) is 4.52 Å². The first-order valence-electron chi connectivity index (χ1n) is 8.23. The number of piperidine rings is 1. The van der Waals surface area contributed by atoms with Gasteiger partial charge in [0.25, 0.3) is 5.91 Å². The zero-order valence-corrected chi connectivity index (χ0v) is 13.4. The van der Waals surface area contributed by atoms with Crippen LogP contribution in [0.1, 0.15) is 49.7 Å². The zero-order valence-electron chi connectivity index (χ0n) is 13.4. The van der Waals surface area contributed by atoms with Crippen molar-refractivity contribution >= 4 is 11.8 Å². The molecular weight excluding hydrogens is 298 g/mol. The number of hydrogen-bond donors (Lipinski definition) is 2. The maximum atomic E-state index is 11.9. The number of carbonyl (C=O) groups is 2. The van der Waals surface area contributed by atoms with E-state index in [1.165, 1.54) is 0 Å². The lowest BCUT2D eigenvalue weighted by atomic mass is 9.85. The van der Waals surface area contributed by atoms with E-state index in [2.05, 4.69) is 25.9 Å². The van der Waals surface area contributed by atoms with Gasteiger partial charge >= 0.3 is 0 Å². The number of aromatic nitrogens is 2. The largest absolute Gasteiger partial charge is 0.340 e. The zero-order chi connectivity index (χ0) is 16.2. The molecule has 1 aliphatic carbocycles. The highest BCUT2D eigenvalue weighted by molar-refractivity contribution is 5.84. The van der Waals surface area contributed by atoms with Gasteiger partial charge in [0.15, 0.2) is 5.82 Å². The Morgan fingerprint density at radius 1 is 1.22 bits per heavy atom. The first-order chi connectivity index (χ1) is 11.1. The number of amides is 2. The van der Waals surface area contributed by atoms with E-state index in [9.17, 15) is 9.59 Å². The van der Waals surface area contributed by atoms with Gasteiger partial charge < -0.3 is 4.52 Å². The summed E-state index contributed by atoms with van der Waals surface area (Å²) in [6.45, 7) is 3.70. The van der Waals surface area contributed by atoms with E-state index in [1.807, 2.05) is 0 Å². The molecule has 126 valence electrons. The van der Waals surface area contributed by atoms with Crippen LogP contribution in [-0.4, -0.2) is 46.5 Å². The minimum Gasteiger partial charge on any atom is -0.340 e. The van der Waals surface area contributed by atoms with Gasteiger partial charge in [0.2, 0.25) is 11.8 Å². The van der Waals surface area contributed by atoms with Gasteiger partial charge in [-0.15, -0.1) is 0 Å². The van der Waals surface area contributed by atoms with Crippen molar-refractivity contribution in [2.75, 3.05) is 19.6 Å². The molecule has 2 heterocycles. The fourth-order valence-electron chi connectivity index (χ4n) is 2.98. The van der Waals surface area contributed by atoms with Gasteiger partial charge in [-0.25, -0.2) is 0 Å². The van der Waals surface area contributed by atoms with E-state index >= 15 is 0 Å². The highest BCUT2D eigenvalue weighted by Gasteiger charge is 2.27. The quantitative estimate of drug-likeness (QED) is 0.784. The van der Waals surface area contributed by atoms with Crippen LogP contribution in [0.4, 0.5) is 0 Å². The average molecular weight is 321 g/mol. The predicted octanol–water partition coefficient (Wildman–Crippen LogP) is 0.505. The van der Waals surface area contributed by atoms with Crippen LogP contribution in [0.15, 0.2) is 4.52 Å². The van der Waals surface area contributed by atoms with Gasteiger partial charge in [-0.05, 0) is 38.8 Å². The van der Waals surface area contributed by atoms with E-state index in [0.717, 1.165) is 51.0 Å². The first-order valence-corrected chi connectivity index (χ1v) is 8.23. The lowest BCUT2D eigenvalue weighted by Gasteiger charge is -2.30. The van der Waals surface area contributed by atoms with Crippen molar-refractivity contribution in [3.05, 3.63) is 11.7 Å². The topological polar surface area (TPSA) is 100 Å². The van der Waals surface area contributed by atoms with Gasteiger partial charge in [-0.2, -0.15) is 4.98 Å². The maximum absolute atomic E-state index is 11.9. The Hall–Kier alpha value is -1.96. The molecule has 8 nitrogen and oxygen atoms in total. The van der Waals surface area contributed by atoms with Crippen LogP contribution in [0, 0.1) is 12.8 Å². The number of hydrogen-bond acceptors (Lipinski definition) is 6. The Morgan fingerprint density at radius 2 is 1.96 bits per heavy atom. The molecule has 8 heteroatoms. The van der Waals surface area contributed by atoms with Crippen LogP contribution in [0.5, 0.6) is 0 Å². The summed E-state index contributed by atoms with van der Waals surface area (Å²) in [6, 6.07) is 0. The smallest absolute Gasteiger partial charge is 0.252 e. The molecule has 1 saturated heterocycles. The summed E-state index contributed by atoms with van der Waals surface area (Å²) in [5.74, 6) is 1.47. The lowest BCUT2D eigenvalue weighted by molar-refractivity contribution is -0.133. The summed E-state index contributed by atoms with van der Waals surface area (Å²) in [4.78, 5) is 29.9. The van der Waals surface area contributed by atoms with Crippen molar-refractivity contribution < 1.29 is 14.1 Å². The van der Waals surface area contributed by atoms with Crippen LogP contribution >= 0.6 is 0 Å². The second kappa shape index (κ2) is 7.08. The van der Waals surface area contributed by atoms with E-state index in [1.54, 1.807) is 6.92 Å². The molecule has 0 atom stereocenters. The minimum absolute atomic E-state index is 0.0733. The van der Waals surface area contributed by atoms with Crippen LogP contribution in [0.3, 0.4) is 0 Å². The molecular formula is C15H23N5O3. The molecule has 0 bridgehead atoms. The van der Waals surface area contributed by atoms with Crippen molar-refractivity contribution in [2.45, 2.75) is 44.9 Å². The third kappa shape index (κ3) is 4.07. The van der Waals surface area contributed by atoms with Gasteiger partial charge in [0.05, 0.1) is 6.54 Å². The number of hydrazine groups is 1. The highest BCUT2D eigenvalue weighted by Crippen LogP contribution is 2.26. The summed E-state index contributed by atoms with van der Waals surface area (Å²) in [6.07, 6.45) is 4.75. The van der Waals surface area contributed by atoms with Crippen molar-refractivity contribution in [2.24, 2.45) is 5.92 Å². The molecule has 0 unspecified atom stereocenters. The number of aryl methyl sites for hydroxylation is 1. The van der Waals surface area contributed by atoms with Crippen molar-refractivity contribution in [3.63, 3.8) is 0 Å². The van der Waals surface area contributed by atoms with Crippen LogP contribution in [0.25, 0.3) is 0 Å². The van der Waals surface area contributed by atoms with Gasteiger partial charge in [-0.3, -0.25) is 25.3 Å². The highest BCUT2D eigenvalue weighted by atomic mass is 16.5. The van der Waals surface area contributed by atoms with E-state index in [-0.39, 0.29) is 17.7 Å². The molecule has 1 aromatic heterocycles. The monoisotopic (exact) mass is 321 g/mol. The normalized spacial score (nSPS) is 20.0. The molecule has 2 amide bonds. The Kier molecular flexibility index (Phi) is 4.90. The molecule has 2 N–H and O–H groups in total.